The first-order valence-electron chi connectivity index (χ1n) is 8.84. The summed E-state index contributed by atoms with van der Waals surface area (Å²) in [5.74, 6) is 3.41. The average Bonchev–Trinajstić information content (AvgIpc) is 3.31. The van der Waals surface area contributed by atoms with Gasteiger partial charge >= 0.3 is 0 Å². The van der Waals surface area contributed by atoms with Gasteiger partial charge in [0.15, 0.2) is 0 Å². The van der Waals surface area contributed by atoms with Crippen LogP contribution in [0.3, 0.4) is 0 Å². The highest BCUT2D eigenvalue weighted by Gasteiger charge is 2.31. The van der Waals surface area contributed by atoms with E-state index in [1.165, 1.54) is 18.7 Å². The topological polar surface area (TPSA) is 59.7 Å². The second-order valence-corrected chi connectivity index (χ2v) is 7.16. The summed E-state index contributed by atoms with van der Waals surface area (Å²) in [5, 5.41) is 9.15. The molecule has 0 spiro atoms. The van der Waals surface area contributed by atoms with E-state index in [-0.39, 0.29) is 0 Å². The van der Waals surface area contributed by atoms with Gasteiger partial charge in [0.2, 0.25) is 0 Å². The zero-order chi connectivity index (χ0) is 16.7. The van der Waals surface area contributed by atoms with E-state index < -0.39 is 0 Å². The molecule has 0 atom stereocenters. The molecule has 2 aliphatic rings. The van der Waals surface area contributed by atoms with Gasteiger partial charge in [0.05, 0.1) is 0 Å². The van der Waals surface area contributed by atoms with Gasteiger partial charge < -0.3 is 9.47 Å². The van der Waals surface area contributed by atoms with Crippen molar-refractivity contribution in [3.05, 3.63) is 28.7 Å². The normalized spacial score (nSPS) is 19.0. The molecule has 2 aromatic rings. The molecular weight excluding hydrogens is 324 g/mol. The summed E-state index contributed by atoms with van der Waals surface area (Å²) in [6, 6.07) is 0.642. The molecule has 1 aliphatic carbocycles. The van der Waals surface area contributed by atoms with Crippen LogP contribution >= 0.6 is 11.6 Å². The summed E-state index contributed by atoms with van der Waals surface area (Å²) in [5.41, 5.74) is 1.06. The summed E-state index contributed by atoms with van der Waals surface area (Å²) in [6.07, 6.45) is 7.45. The highest BCUT2D eigenvalue weighted by atomic mass is 35.5. The Morgan fingerprint density at radius 3 is 2.58 bits per heavy atom. The Bertz CT molecular complexity index is 731. The van der Waals surface area contributed by atoms with Crippen LogP contribution in [0.25, 0.3) is 0 Å². The molecule has 7 heteroatoms. The average molecular weight is 347 g/mol. The van der Waals surface area contributed by atoms with Crippen molar-refractivity contribution < 1.29 is 0 Å². The first kappa shape index (κ1) is 15.8. The highest BCUT2D eigenvalue weighted by molar-refractivity contribution is 6.30. The van der Waals surface area contributed by atoms with Crippen molar-refractivity contribution in [1.82, 2.24) is 24.7 Å². The van der Waals surface area contributed by atoms with Crippen LogP contribution in [0.2, 0.25) is 5.15 Å². The summed E-state index contributed by atoms with van der Waals surface area (Å²) >= 11 is 6.33. The lowest BCUT2D eigenvalue weighted by molar-refractivity contribution is 0.462. The van der Waals surface area contributed by atoms with Crippen LogP contribution in [0.5, 0.6) is 0 Å². The largest absolute Gasteiger partial charge is 0.356 e. The van der Waals surface area contributed by atoms with Crippen molar-refractivity contribution in [2.24, 2.45) is 0 Å². The van der Waals surface area contributed by atoms with E-state index in [0.29, 0.717) is 17.1 Å². The van der Waals surface area contributed by atoms with Gasteiger partial charge in [0, 0.05) is 30.6 Å². The number of aryl methyl sites for hydroxylation is 1. The molecule has 4 rings (SSSR count). The van der Waals surface area contributed by atoms with Crippen molar-refractivity contribution in [3.63, 3.8) is 0 Å². The maximum Gasteiger partial charge on any atom is 0.138 e. The SMILES string of the molecule is CCc1c(Cl)nc(C)nc1N1CCC(c2nncn2C2CC2)CC1. The quantitative estimate of drug-likeness (QED) is 0.795. The van der Waals surface area contributed by atoms with Gasteiger partial charge in [-0.25, -0.2) is 9.97 Å². The van der Waals surface area contributed by atoms with E-state index in [0.717, 1.165) is 49.6 Å². The highest BCUT2D eigenvalue weighted by Crippen LogP contribution is 2.39. The summed E-state index contributed by atoms with van der Waals surface area (Å²) in [4.78, 5) is 11.3. The Morgan fingerprint density at radius 2 is 1.92 bits per heavy atom. The first-order valence-corrected chi connectivity index (χ1v) is 9.22. The Hall–Kier alpha value is -1.69. The van der Waals surface area contributed by atoms with E-state index >= 15 is 0 Å². The summed E-state index contributed by atoms with van der Waals surface area (Å²) in [6.45, 7) is 5.96. The van der Waals surface area contributed by atoms with Gasteiger partial charge in [-0.05, 0) is 39.0 Å². The molecule has 0 N–H and O–H groups in total. The van der Waals surface area contributed by atoms with Crippen molar-refractivity contribution in [1.29, 1.82) is 0 Å². The predicted octanol–water partition coefficient (Wildman–Crippen LogP) is 3.31. The fourth-order valence-corrected chi connectivity index (χ4v) is 3.98. The van der Waals surface area contributed by atoms with Gasteiger partial charge in [0.1, 0.15) is 28.9 Å². The number of piperidine rings is 1. The molecule has 6 nitrogen and oxygen atoms in total. The second-order valence-electron chi connectivity index (χ2n) is 6.81. The number of aromatic nitrogens is 5. The number of halogens is 1. The molecule has 0 unspecified atom stereocenters. The van der Waals surface area contributed by atoms with Crippen LogP contribution in [0, 0.1) is 6.92 Å². The molecule has 1 saturated carbocycles. The number of anilines is 1. The Labute approximate surface area is 147 Å². The first-order chi connectivity index (χ1) is 11.7. The third-order valence-corrected chi connectivity index (χ3v) is 5.41. The van der Waals surface area contributed by atoms with E-state index in [9.17, 15) is 0 Å². The number of nitrogens with zero attached hydrogens (tertiary/aromatic N) is 6. The van der Waals surface area contributed by atoms with Crippen LogP contribution in [-0.4, -0.2) is 37.8 Å². The van der Waals surface area contributed by atoms with Crippen LogP contribution in [0.1, 0.15) is 61.8 Å². The molecular formula is C17H23ClN6. The lowest BCUT2D eigenvalue weighted by atomic mass is 9.95. The number of hydrogen-bond acceptors (Lipinski definition) is 5. The third kappa shape index (κ3) is 2.88. The monoisotopic (exact) mass is 346 g/mol. The predicted molar refractivity (Wildman–Crippen MR) is 93.6 cm³/mol. The van der Waals surface area contributed by atoms with Crippen LogP contribution in [0.15, 0.2) is 6.33 Å². The van der Waals surface area contributed by atoms with E-state index in [1.807, 2.05) is 13.3 Å². The van der Waals surface area contributed by atoms with Crippen molar-refractivity contribution in [2.75, 3.05) is 18.0 Å². The van der Waals surface area contributed by atoms with Gasteiger partial charge in [-0.15, -0.1) is 10.2 Å². The van der Waals surface area contributed by atoms with Crippen LogP contribution in [0.4, 0.5) is 5.82 Å². The van der Waals surface area contributed by atoms with Crippen molar-refractivity contribution >= 4 is 17.4 Å². The van der Waals surface area contributed by atoms with Gasteiger partial charge in [-0.3, -0.25) is 0 Å². The minimum Gasteiger partial charge on any atom is -0.356 e. The fraction of sp³-hybridized carbons (Fsp3) is 0.647. The summed E-state index contributed by atoms with van der Waals surface area (Å²) in [7, 11) is 0. The zero-order valence-corrected chi connectivity index (χ0v) is 15.0. The molecule has 1 saturated heterocycles. The van der Waals surface area contributed by atoms with Gasteiger partial charge in [0.25, 0.3) is 0 Å². The molecule has 0 amide bonds. The smallest absolute Gasteiger partial charge is 0.138 e. The minimum atomic E-state index is 0.493. The zero-order valence-electron chi connectivity index (χ0n) is 14.2. The fourth-order valence-electron chi connectivity index (χ4n) is 3.64. The Balaban J connectivity index is 1.51. The molecule has 128 valence electrons. The lowest BCUT2D eigenvalue weighted by Crippen LogP contribution is -2.35. The molecule has 2 aromatic heterocycles. The van der Waals surface area contributed by atoms with E-state index in [4.69, 9.17) is 11.6 Å². The Kier molecular flexibility index (Phi) is 4.16. The molecule has 0 bridgehead atoms. The third-order valence-electron chi connectivity index (χ3n) is 5.10. The van der Waals surface area contributed by atoms with E-state index in [1.54, 1.807) is 0 Å². The van der Waals surface area contributed by atoms with Crippen LogP contribution < -0.4 is 4.90 Å². The van der Waals surface area contributed by atoms with E-state index in [2.05, 4.69) is 36.6 Å². The summed E-state index contributed by atoms with van der Waals surface area (Å²) < 4.78 is 2.30. The molecule has 3 heterocycles. The molecule has 1 aliphatic heterocycles. The molecule has 0 radical (unpaired) electrons. The second kappa shape index (κ2) is 6.31. The molecule has 0 aromatic carbocycles. The number of hydrogen-bond donors (Lipinski definition) is 0. The molecule has 2 fully saturated rings. The van der Waals surface area contributed by atoms with Gasteiger partial charge in [-0.2, -0.15) is 0 Å². The van der Waals surface area contributed by atoms with Crippen LogP contribution in [-0.2, 0) is 6.42 Å². The Morgan fingerprint density at radius 1 is 1.17 bits per heavy atom. The van der Waals surface area contributed by atoms with Gasteiger partial charge in [-0.1, -0.05) is 18.5 Å². The lowest BCUT2D eigenvalue weighted by Gasteiger charge is -2.33. The maximum atomic E-state index is 6.33. The molecule has 24 heavy (non-hydrogen) atoms. The standard InChI is InChI=1S/C17H23ClN6/c1-3-14-15(18)20-11(2)21-17(14)23-8-6-12(7-9-23)16-22-19-10-24(16)13-4-5-13/h10,12-13H,3-9H2,1-2H3. The maximum absolute atomic E-state index is 6.33. The van der Waals surface area contributed by atoms with Crippen molar-refractivity contribution in [3.8, 4) is 0 Å². The van der Waals surface area contributed by atoms with Crippen molar-refractivity contribution in [2.45, 2.75) is 57.9 Å². The minimum absolute atomic E-state index is 0.493. The number of rotatable bonds is 4.